The molecule has 4 unspecified atom stereocenters. The minimum absolute atomic E-state index is 0.0651. The number of primary amides is 1. The lowest BCUT2D eigenvalue weighted by molar-refractivity contribution is -0.143. The van der Waals surface area contributed by atoms with Crippen LogP contribution in [0.4, 0.5) is 0 Å². The number of carbonyl (C=O) groups excluding carboxylic acids is 4. The van der Waals surface area contributed by atoms with E-state index in [4.69, 9.17) is 11.5 Å². The van der Waals surface area contributed by atoms with E-state index in [1.54, 1.807) is 13.8 Å². The first kappa shape index (κ1) is 29.9. The van der Waals surface area contributed by atoms with Gasteiger partial charge in [-0.1, -0.05) is 13.8 Å². The molecule has 1 aromatic rings. The van der Waals surface area contributed by atoms with Gasteiger partial charge in [0.1, 0.15) is 18.1 Å². The topological polar surface area (TPSA) is 222 Å². The van der Waals surface area contributed by atoms with Crippen molar-refractivity contribution in [2.24, 2.45) is 17.4 Å². The van der Waals surface area contributed by atoms with Crippen LogP contribution in [0.1, 0.15) is 38.8 Å². The van der Waals surface area contributed by atoms with E-state index < -0.39 is 59.7 Å². The Balaban J connectivity index is 2.98. The van der Waals surface area contributed by atoms with E-state index in [-0.39, 0.29) is 19.3 Å². The molecule has 35 heavy (non-hydrogen) atoms. The molecule has 0 aliphatic carbocycles. The zero-order chi connectivity index (χ0) is 26.5. The maximum Gasteiger partial charge on any atom is 0.326 e. The molecule has 0 radical (unpaired) electrons. The number of amides is 4. The highest BCUT2D eigenvalue weighted by molar-refractivity contribution is 7.98. The quantitative estimate of drug-likeness (QED) is 0.136. The van der Waals surface area contributed by atoms with E-state index in [0.717, 1.165) is 0 Å². The summed E-state index contributed by atoms with van der Waals surface area (Å²) in [5.41, 5.74) is 11.6. The van der Waals surface area contributed by atoms with Gasteiger partial charge in [0.2, 0.25) is 23.6 Å². The first-order chi connectivity index (χ1) is 16.5. The number of hydrogen-bond acceptors (Lipinski definition) is 8. The highest BCUT2D eigenvalue weighted by Gasteiger charge is 2.32. The molecule has 1 rings (SSSR count). The van der Waals surface area contributed by atoms with Gasteiger partial charge in [-0.05, 0) is 30.8 Å². The lowest BCUT2D eigenvalue weighted by Gasteiger charge is -2.27. The van der Waals surface area contributed by atoms with Gasteiger partial charge in [-0.15, -0.1) is 0 Å². The third kappa shape index (κ3) is 10.8. The van der Waals surface area contributed by atoms with Gasteiger partial charge >= 0.3 is 5.97 Å². The number of thioether (sulfide) groups is 1. The maximum atomic E-state index is 13.1. The smallest absolute Gasteiger partial charge is 0.326 e. The van der Waals surface area contributed by atoms with Crippen LogP contribution >= 0.6 is 11.8 Å². The summed E-state index contributed by atoms with van der Waals surface area (Å²) >= 11 is 1.54. The fraction of sp³-hybridized carbons (Fsp3) is 0.619. The summed E-state index contributed by atoms with van der Waals surface area (Å²) in [6, 6.07) is -4.35. The second kappa shape index (κ2) is 15.0. The number of H-pyrrole nitrogens is 1. The van der Waals surface area contributed by atoms with Crippen LogP contribution in [0, 0.1) is 5.92 Å². The lowest BCUT2D eigenvalue weighted by Crippen LogP contribution is -2.59. The van der Waals surface area contributed by atoms with Gasteiger partial charge in [-0.25, -0.2) is 9.78 Å². The molecule has 0 saturated carbocycles. The van der Waals surface area contributed by atoms with Gasteiger partial charge in [0.15, 0.2) is 0 Å². The van der Waals surface area contributed by atoms with Crippen molar-refractivity contribution in [1.82, 2.24) is 25.9 Å². The Morgan fingerprint density at radius 1 is 1.06 bits per heavy atom. The number of carboxylic acid groups (broad SMARTS) is 1. The number of nitrogens with one attached hydrogen (secondary N) is 4. The Morgan fingerprint density at radius 3 is 2.23 bits per heavy atom. The van der Waals surface area contributed by atoms with E-state index >= 15 is 0 Å². The van der Waals surface area contributed by atoms with Crippen molar-refractivity contribution in [3.05, 3.63) is 18.2 Å². The number of aromatic nitrogens is 2. The van der Waals surface area contributed by atoms with Gasteiger partial charge in [0.25, 0.3) is 0 Å². The molecule has 0 spiro atoms. The molecule has 0 fully saturated rings. The van der Waals surface area contributed by atoms with Crippen molar-refractivity contribution in [3.8, 4) is 0 Å². The molecule has 0 saturated heterocycles. The molecular formula is C21H35N7O6S. The van der Waals surface area contributed by atoms with Crippen LogP contribution in [0.25, 0.3) is 0 Å². The number of aromatic amines is 1. The summed E-state index contributed by atoms with van der Waals surface area (Å²) in [7, 11) is 0. The van der Waals surface area contributed by atoms with Crippen LogP contribution < -0.4 is 27.4 Å². The van der Waals surface area contributed by atoms with Crippen molar-refractivity contribution < 1.29 is 29.1 Å². The number of nitrogens with zero attached hydrogens (tertiary/aromatic N) is 1. The van der Waals surface area contributed by atoms with Crippen LogP contribution in [-0.2, 0) is 30.4 Å². The molecule has 0 aliphatic heterocycles. The predicted molar refractivity (Wildman–Crippen MR) is 130 cm³/mol. The van der Waals surface area contributed by atoms with Gasteiger partial charge in [0.05, 0.1) is 12.4 Å². The molecule has 4 atom stereocenters. The third-order valence-electron chi connectivity index (χ3n) is 5.12. The van der Waals surface area contributed by atoms with Gasteiger partial charge in [0, 0.05) is 24.7 Å². The Bertz CT molecular complexity index is 864. The van der Waals surface area contributed by atoms with Crippen molar-refractivity contribution >= 4 is 41.4 Å². The van der Waals surface area contributed by atoms with Crippen molar-refractivity contribution in [2.75, 3.05) is 12.0 Å². The van der Waals surface area contributed by atoms with Crippen LogP contribution in [0.2, 0.25) is 0 Å². The van der Waals surface area contributed by atoms with Crippen molar-refractivity contribution in [3.63, 3.8) is 0 Å². The number of carboxylic acids is 1. The average molecular weight is 514 g/mol. The van der Waals surface area contributed by atoms with E-state index in [9.17, 15) is 29.1 Å². The largest absolute Gasteiger partial charge is 0.480 e. The minimum atomic E-state index is -1.36. The third-order valence-corrected chi connectivity index (χ3v) is 5.77. The predicted octanol–water partition coefficient (Wildman–Crippen LogP) is -1.51. The van der Waals surface area contributed by atoms with Crippen molar-refractivity contribution in [1.29, 1.82) is 0 Å². The Labute approximate surface area is 207 Å². The summed E-state index contributed by atoms with van der Waals surface area (Å²) in [4.78, 5) is 67.8. The van der Waals surface area contributed by atoms with Gasteiger partial charge < -0.3 is 37.5 Å². The van der Waals surface area contributed by atoms with E-state index in [0.29, 0.717) is 17.9 Å². The van der Waals surface area contributed by atoms with Crippen molar-refractivity contribution in [2.45, 2.75) is 63.7 Å². The molecule has 0 bridgehead atoms. The van der Waals surface area contributed by atoms with Gasteiger partial charge in [-0.2, -0.15) is 11.8 Å². The summed E-state index contributed by atoms with van der Waals surface area (Å²) in [5, 5.41) is 16.9. The minimum Gasteiger partial charge on any atom is -0.480 e. The van der Waals surface area contributed by atoms with Gasteiger partial charge in [-0.3, -0.25) is 19.2 Å². The summed E-state index contributed by atoms with van der Waals surface area (Å²) in [6.07, 6.45) is 4.88. The normalized spacial score (nSPS) is 14.4. The van der Waals surface area contributed by atoms with E-state index in [1.165, 1.54) is 24.3 Å². The molecule has 9 N–H and O–H groups in total. The fourth-order valence-electron chi connectivity index (χ4n) is 3.07. The Morgan fingerprint density at radius 2 is 1.71 bits per heavy atom. The molecule has 196 valence electrons. The molecule has 1 aromatic heterocycles. The zero-order valence-electron chi connectivity index (χ0n) is 20.1. The molecule has 13 nitrogen and oxygen atoms in total. The number of carbonyl (C=O) groups is 5. The molecule has 0 aromatic carbocycles. The Kier molecular flexibility index (Phi) is 12.8. The highest BCUT2D eigenvalue weighted by Crippen LogP contribution is 2.08. The number of hydrogen-bond donors (Lipinski definition) is 7. The second-order valence-electron chi connectivity index (χ2n) is 8.36. The summed E-state index contributed by atoms with van der Waals surface area (Å²) in [6.45, 7) is 3.34. The van der Waals surface area contributed by atoms with E-state index in [1.807, 2.05) is 6.26 Å². The standard InChI is InChI=1S/C21H35N7O6S/c1-11(2)17(20(32)26-14(21(33)34)4-5-16(23)29)28-19(31)15(8-12-9-24-10-25-12)27-18(30)13(22)6-7-35-3/h9-11,13-15,17H,4-8,22H2,1-3H3,(H2,23,29)(H,24,25)(H,26,32)(H,27,30)(H,28,31)(H,33,34). The maximum absolute atomic E-state index is 13.1. The number of rotatable bonds is 16. The van der Waals surface area contributed by atoms with Crippen LogP contribution in [0.5, 0.6) is 0 Å². The Hall–Kier alpha value is -3.13. The van der Waals surface area contributed by atoms with Crippen LogP contribution in [0.3, 0.4) is 0 Å². The average Bonchev–Trinajstić information content (AvgIpc) is 3.30. The van der Waals surface area contributed by atoms with E-state index in [2.05, 4.69) is 25.9 Å². The second-order valence-corrected chi connectivity index (χ2v) is 9.35. The first-order valence-corrected chi connectivity index (χ1v) is 12.5. The monoisotopic (exact) mass is 513 g/mol. The number of imidazole rings is 1. The molecule has 0 aliphatic rings. The summed E-state index contributed by atoms with van der Waals surface area (Å²) in [5.74, 6) is -3.69. The van der Waals surface area contributed by atoms with Crippen LogP contribution in [-0.4, -0.2) is 80.8 Å². The fourth-order valence-corrected chi connectivity index (χ4v) is 3.56. The zero-order valence-corrected chi connectivity index (χ0v) is 20.9. The number of nitrogens with two attached hydrogens (primary N) is 2. The highest BCUT2D eigenvalue weighted by atomic mass is 32.2. The molecule has 14 heteroatoms. The lowest BCUT2D eigenvalue weighted by atomic mass is 10.0. The molecular weight excluding hydrogens is 478 g/mol. The summed E-state index contributed by atoms with van der Waals surface area (Å²) < 4.78 is 0. The SMILES string of the molecule is CSCCC(N)C(=O)NC(Cc1cnc[nH]1)C(=O)NC(C(=O)NC(CCC(N)=O)C(=O)O)C(C)C. The molecule has 4 amide bonds. The van der Waals surface area contributed by atoms with Crippen LogP contribution in [0.15, 0.2) is 12.5 Å². The number of aliphatic carboxylic acids is 1. The first-order valence-electron chi connectivity index (χ1n) is 11.1. The molecule has 1 heterocycles.